The molecule has 234 valence electrons. The van der Waals surface area contributed by atoms with Gasteiger partial charge >= 0.3 is 0 Å². The Labute approximate surface area is 291 Å². The average molecular weight is 658 g/mol. The Balaban J connectivity index is 1.17. The summed E-state index contributed by atoms with van der Waals surface area (Å²) in [5.74, 6) is 1.82. The van der Waals surface area contributed by atoms with Crippen LogP contribution in [0.3, 0.4) is 0 Å². The quantitative estimate of drug-likeness (QED) is 0.185. The van der Waals surface area contributed by atoms with E-state index in [1.165, 1.54) is 42.1 Å². The van der Waals surface area contributed by atoms with Crippen LogP contribution in [-0.2, 0) is 0 Å². The summed E-state index contributed by atoms with van der Waals surface area (Å²) in [5.41, 5.74) is 8.27. The molecule has 10 rings (SSSR count). The number of pyridine rings is 1. The molecule has 0 atom stereocenters. The number of hydrogen-bond donors (Lipinski definition) is 0. The Morgan fingerprint density at radius 1 is 0.420 bits per heavy atom. The Bertz CT molecular complexity index is 2820. The smallest absolute Gasteiger partial charge is 0.165 e. The second-order valence-electron chi connectivity index (χ2n) is 12.3. The molecule has 6 heteroatoms. The molecule has 0 radical (unpaired) electrons. The van der Waals surface area contributed by atoms with Gasteiger partial charge in [0, 0.05) is 53.8 Å². The van der Waals surface area contributed by atoms with E-state index in [2.05, 4.69) is 95.6 Å². The molecule has 0 unspecified atom stereocenters. The number of nitrogens with zero attached hydrogens (tertiary/aromatic N) is 5. The van der Waals surface area contributed by atoms with Crippen molar-refractivity contribution in [3.05, 3.63) is 164 Å². The van der Waals surface area contributed by atoms with E-state index >= 15 is 0 Å². The molecule has 6 aromatic carbocycles. The van der Waals surface area contributed by atoms with Crippen LogP contribution >= 0.6 is 11.3 Å². The number of aromatic nitrogens is 5. The Kier molecular flexibility index (Phi) is 6.60. The van der Waals surface area contributed by atoms with Crippen LogP contribution in [0.2, 0.25) is 0 Å². The van der Waals surface area contributed by atoms with Crippen molar-refractivity contribution in [2.45, 2.75) is 0 Å². The van der Waals surface area contributed by atoms with Gasteiger partial charge in [-0.2, -0.15) is 0 Å². The van der Waals surface area contributed by atoms with Crippen molar-refractivity contribution in [1.29, 1.82) is 0 Å². The first-order valence-corrected chi connectivity index (χ1v) is 17.4. The van der Waals surface area contributed by atoms with Gasteiger partial charge in [-0.25, -0.2) is 15.0 Å². The van der Waals surface area contributed by atoms with Gasteiger partial charge < -0.3 is 4.57 Å². The van der Waals surface area contributed by atoms with E-state index < -0.39 is 0 Å². The van der Waals surface area contributed by atoms with Crippen molar-refractivity contribution in [2.24, 2.45) is 0 Å². The minimum absolute atomic E-state index is 0.574. The summed E-state index contributed by atoms with van der Waals surface area (Å²) in [5, 5.41) is 4.98. The number of thiophene rings is 1. The van der Waals surface area contributed by atoms with Gasteiger partial charge in [0.15, 0.2) is 17.5 Å². The van der Waals surface area contributed by atoms with Crippen molar-refractivity contribution >= 4 is 53.3 Å². The van der Waals surface area contributed by atoms with E-state index in [0.717, 1.165) is 33.4 Å². The lowest BCUT2D eigenvalue weighted by Gasteiger charge is -2.12. The van der Waals surface area contributed by atoms with E-state index in [1.807, 2.05) is 84.4 Å². The Morgan fingerprint density at radius 2 is 1.04 bits per heavy atom. The second kappa shape index (κ2) is 11.6. The first-order chi connectivity index (χ1) is 24.8. The Morgan fingerprint density at radius 3 is 1.80 bits per heavy atom. The molecule has 5 nitrogen and oxygen atoms in total. The first kappa shape index (κ1) is 28.5. The molecular formula is C44H27N5S. The maximum absolute atomic E-state index is 4.98. The summed E-state index contributed by atoms with van der Waals surface area (Å²) in [7, 11) is 0. The van der Waals surface area contributed by atoms with Crippen LogP contribution in [-0.4, -0.2) is 24.5 Å². The van der Waals surface area contributed by atoms with Gasteiger partial charge in [-0.15, -0.1) is 11.3 Å². The molecule has 4 aromatic heterocycles. The molecule has 50 heavy (non-hydrogen) atoms. The zero-order chi connectivity index (χ0) is 33.0. The van der Waals surface area contributed by atoms with Crippen molar-refractivity contribution in [3.8, 4) is 51.0 Å². The third kappa shape index (κ3) is 4.69. The molecule has 0 aliphatic heterocycles. The molecular weight excluding hydrogens is 631 g/mol. The lowest BCUT2D eigenvalue weighted by Crippen LogP contribution is -2.01. The summed E-state index contributed by atoms with van der Waals surface area (Å²) in [4.78, 5) is 19.6. The van der Waals surface area contributed by atoms with Crippen LogP contribution in [0.1, 0.15) is 0 Å². The zero-order valence-electron chi connectivity index (χ0n) is 26.7. The lowest BCUT2D eigenvalue weighted by molar-refractivity contribution is 1.06. The first-order valence-electron chi connectivity index (χ1n) is 16.5. The third-order valence-corrected chi connectivity index (χ3v) is 10.5. The number of fused-ring (bicyclic) bond motifs is 6. The molecule has 0 bridgehead atoms. The van der Waals surface area contributed by atoms with Crippen LogP contribution in [0.25, 0.3) is 93.0 Å². The largest absolute Gasteiger partial charge is 0.308 e. The fourth-order valence-corrected chi connectivity index (χ4v) is 8.24. The maximum atomic E-state index is 4.98. The fraction of sp³-hybridized carbons (Fsp3) is 0. The number of hydrogen-bond acceptors (Lipinski definition) is 5. The molecule has 0 N–H and O–H groups in total. The summed E-state index contributed by atoms with van der Waals surface area (Å²) < 4.78 is 4.92. The zero-order valence-corrected chi connectivity index (χ0v) is 27.5. The minimum Gasteiger partial charge on any atom is -0.308 e. The molecule has 0 amide bonds. The fourth-order valence-electron chi connectivity index (χ4n) is 7.00. The van der Waals surface area contributed by atoms with Crippen molar-refractivity contribution < 1.29 is 0 Å². The highest BCUT2D eigenvalue weighted by molar-refractivity contribution is 7.26. The SMILES string of the molecule is c1ccc(-c2nc(-c3ccccc3)nc(-c3cncc(-n4c5ccccc5c5ccc(-c6cccc7c6sc6ccccc67)cc54)c3)n2)cc1. The van der Waals surface area contributed by atoms with Gasteiger partial charge in [-0.3, -0.25) is 4.98 Å². The molecule has 0 fully saturated rings. The summed E-state index contributed by atoms with van der Waals surface area (Å²) in [6, 6.07) is 53.0. The van der Waals surface area contributed by atoms with Gasteiger partial charge in [0.1, 0.15) is 0 Å². The van der Waals surface area contributed by atoms with Gasteiger partial charge in [0.25, 0.3) is 0 Å². The van der Waals surface area contributed by atoms with E-state index in [4.69, 9.17) is 19.9 Å². The van der Waals surface area contributed by atoms with E-state index in [9.17, 15) is 0 Å². The van der Waals surface area contributed by atoms with E-state index in [1.54, 1.807) is 0 Å². The molecule has 0 aliphatic rings. The molecule has 0 saturated heterocycles. The normalized spacial score (nSPS) is 11.6. The number of benzene rings is 6. The topological polar surface area (TPSA) is 56.5 Å². The molecule has 0 saturated carbocycles. The molecule has 10 aromatic rings. The van der Waals surface area contributed by atoms with Crippen molar-refractivity contribution in [3.63, 3.8) is 0 Å². The highest BCUT2D eigenvalue weighted by atomic mass is 32.1. The summed E-state index contributed by atoms with van der Waals surface area (Å²) in [6.07, 6.45) is 3.76. The summed E-state index contributed by atoms with van der Waals surface area (Å²) in [6.45, 7) is 0. The lowest BCUT2D eigenvalue weighted by atomic mass is 10.0. The van der Waals surface area contributed by atoms with Crippen molar-refractivity contribution in [2.75, 3.05) is 0 Å². The number of rotatable bonds is 5. The third-order valence-electron chi connectivity index (χ3n) is 9.33. The minimum atomic E-state index is 0.574. The molecule has 4 heterocycles. The van der Waals surface area contributed by atoms with E-state index in [-0.39, 0.29) is 0 Å². The average Bonchev–Trinajstić information content (AvgIpc) is 3.74. The predicted molar refractivity (Wildman–Crippen MR) is 207 cm³/mol. The standard InChI is InChI=1S/C44H27N5S/c1-3-12-28(13-4-1)42-46-43(29-14-5-2-6-15-29)48-44(47-42)31-24-32(27-45-26-31)49-38-20-9-7-16-34(38)35-23-22-30(25-39(35)49)33-18-11-19-37-36-17-8-10-21-40(36)50-41(33)37/h1-27H. The van der Waals surface area contributed by atoms with Crippen LogP contribution in [0.15, 0.2) is 164 Å². The van der Waals surface area contributed by atoms with Crippen LogP contribution in [0.4, 0.5) is 0 Å². The van der Waals surface area contributed by atoms with Crippen LogP contribution in [0, 0.1) is 0 Å². The monoisotopic (exact) mass is 657 g/mol. The summed E-state index contributed by atoms with van der Waals surface area (Å²) >= 11 is 1.86. The van der Waals surface area contributed by atoms with Crippen molar-refractivity contribution in [1.82, 2.24) is 24.5 Å². The second-order valence-corrected chi connectivity index (χ2v) is 13.4. The highest BCUT2D eigenvalue weighted by Gasteiger charge is 2.18. The van der Waals surface area contributed by atoms with Gasteiger partial charge in [0.2, 0.25) is 0 Å². The Hall–Kier alpha value is -6.50. The van der Waals surface area contributed by atoms with Crippen LogP contribution in [0.5, 0.6) is 0 Å². The number of para-hydroxylation sites is 1. The van der Waals surface area contributed by atoms with Gasteiger partial charge in [-0.05, 0) is 35.4 Å². The maximum Gasteiger partial charge on any atom is 0.165 e. The highest BCUT2D eigenvalue weighted by Crippen LogP contribution is 2.42. The molecule has 0 aliphatic carbocycles. The van der Waals surface area contributed by atoms with Gasteiger partial charge in [0.05, 0.1) is 22.9 Å². The predicted octanol–water partition coefficient (Wildman–Crippen LogP) is 11.4. The molecule has 0 spiro atoms. The van der Waals surface area contributed by atoms with E-state index in [0.29, 0.717) is 17.5 Å². The van der Waals surface area contributed by atoms with Crippen LogP contribution < -0.4 is 0 Å². The van der Waals surface area contributed by atoms with Gasteiger partial charge in [-0.1, -0.05) is 127 Å².